The summed E-state index contributed by atoms with van der Waals surface area (Å²) in [4.78, 5) is 24.5. The van der Waals surface area contributed by atoms with Crippen LogP contribution in [0.25, 0.3) is 0 Å². The Morgan fingerprint density at radius 2 is 0.746 bits per heavy atom. The van der Waals surface area contributed by atoms with E-state index in [-0.39, 0.29) is 18.5 Å². The van der Waals surface area contributed by atoms with Crippen LogP contribution in [-0.2, 0) is 14.3 Å². The highest BCUT2D eigenvalue weighted by Crippen LogP contribution is 2.17. The quantitative estimate of drug-likeness (QED) is 0.0321. The molecule has 6 nitrogen and oxygen atoms in total. The monoisotopic (exact) mass is 942 g/mol. The predicted molar refractivity (Wildman–Crippen MR) is 292 cm³/mol. The molecule has 0 spiro atoms. The van der Waals surface area contributed by atoms with Gasteiger partial charge >= 0.3 is 5.97 Å². The number of hydrogen-bond acceptors (Lipinski definition) is 5. The number of aliphatic hydroxyl groups is 2. The number of aliphatic hydroxyl groups excluding tert-OH is 2. The van der Waals surface area contributed by atoms with Gasteiger partial charge in [0.1, 0.15) is 0 Å². The molecule has 0 aliphatic carbocycles. The average Bonchev–Trinajstić information content (AvgIpc) is 3.33. The first kappa shape index (κ1) is 65.1. The van der Waals surface area contributed by atoms with E-state index in [4.69, 9.17) is 4.74 Å². The Morgan fingerprint density at radius 3 is 1.15 bits per heavy atom. The Kier molecular flexibility index (Phi) is 55.0. The number of nitrogens with one attached hydrogen (secondary N) is 1. The molecule has 0 fully saturated rings. The number of hydrogen-bond donors (Lipinski definition) is 3. The molecule has 2 atom stereocenters. The molecule has 0 aromatic heterocycles. The molecule has 3 N–H and O–H groups in total. The molecule has 394 valence electrons. The van der Waals surface area contributed by atoms with E-state index < -0.39 is 12.1 Å². The van der Waals surface area contributed by atoms with Crippen molar-refractivity contribution >= 4 is 11.9 Å². The van der Waals surface area contributed by atoms with Gasteiger partial charge in [0.15, 0.2) is 0 Å². The first-order valence-electron chi connectivity index (χ1n) is 29.8. The number of allylic oxidation sites excluding steroid dienone is 5. The lowest BCUT2D eigenvalue weighted by Crippen LogP contribution is -2.45. The third kappa shape index (κ3) is 53.3. The summed E-state index contributed by atoms with van der Waals surface area (Å²) >= 11 is 0. The Morgan fingerprint density at radius 1 is 0.418 bits per heavy atom. The Bertz CT molecular complexity index is 1090. The zero-order chi connectivity index (χ0) is 48.6. The SMILES string of the molecule is CCCCCC/C=C\C/C=C\CCCCCCCC(=O)OCCCCCCCCCCCCCCCC(=O)NC(CO)C(O)/C=C/CCCCCCCCCCCCCCCCCCCCC. The first-order chi connectivity index (χ1) is 33.0. The van der Waals surface area contributed by atoms with Crippen molar-refractivity contribution in [2.24, 2.45) is 0 Å². The van der Waals surface area contributed by atoms with Gasteiger partial charge in [0, 0.05) is 12.8 Å². The number of unbranched alkanes of at least 4 members (excludes halogenated alkanes) is 40. The van der Waals surface area contributed by atoms with Crippen LogP contribution < -0.4 is 5.32 Å². The minimum absolute atomic E-state index is 0.0200. The minimum Gasteiger partial charge on any atom is -0.466 e. The average molecular weight is 943 g/mol. The van der Waals surface area contributed by atoms with Crippen molar-refractivity contribution in [3.05, 3.63) is 36.5 Å². The van der Waals surface area contributed by atoms with Crippen LogP contribution in [0.15, 0.2) is 36.5 Å². The van der Waals surface area contributed by atoms with Gasteiger partial charge in [-0.15, -0.1) is 0 Å². The van der Waals surface area contributed by atoms with Gasteiger partial charge in [-0.2, -0.15) is 0 Å². The summed E-state index contributed by atoms with van der Waals surface area (Å²) in [6.07, 6.45) is 70.2. The molecule has 0 saturated heterocycles. The van der Waals surface area contributed by atoms with Gasteiger partial charge < -0.3 is 20.3 Å². The molecule has 0 radical (unpaired) electrons. The van der Waals surface area contributed by atoms with Gasteiger partial charge in [-0.05, 0) is 64.2 Å². The molecule has 0 aliphatic heterocycles. The molecule has 1 amide bonds. The van der Waals surface area contributed by atoms with Crippen LogP contribution >= 0.6 is 0 Å². The van der Waals surface area contributed by atoms with Gasteiger partial charge in [-0.3, -0.25) is 9.59 Å². The number of esters is 1. The molecule has 0 aromatic rings. The van der Waals surface area contributed by atoms with E-state index in [2.05, 4.69) is 43.5 Å². The highest BCUT2D eigenvalue weighted by atomic mass is 16.5. The lowest BCUT2D eigenvalue weighted by Gasteiger charge is -2.20. The fraction of sp³-hybridized carbons (Fsp3) is 0.869. The van der Waals surface area contributed by atoms with E-state index in [1.165, 1.54) is 225 Å². The van der Waals surface area contributed by atoms with Crippen molar-refractivity contribution < 1.29 is 24.5 Å². The molecule has 0 aliphatic rings. The van der Waals surface area contributed by atoms with E-state index in [1.54, 1.807) is 6.08 Å². The Balaban J connectivity index is 3.49. The van der Waals surface area contributed by atoms with Crippen molar-refractivity contribution in [2.75, 3.05) is 13.2 Å². The van der Waals surface area contributed by atoms with Gasteiger partial charge in [-0.1, -0.05) is 275 Å². The second-order valence-electron chi connectivity index (χ2n) is 20.3. The number of carbonyl (C=O) groups excluding carboxylic acids is 2. The molecule has 0 heterocycles. The van der Waals surface area contributed by atoms with E-state index >= 15 is 0 Å². The van der Waals surface area contributed by atoms with E-state index in [9.17, 15) is 19.8 Å². The maximum Gasteiger partial charge on any atom is 0.305 e. The van der Waals surface area contributed by atoms with Crippen molar-refractivity contribution in [2.45, 2.75) is 328 Å². The van der Waals surface area contributed by atoms with Crippen molar-refractivity contribution in [1.82, 2.24) is 5.32 Å². The zero-order valence-corrected chi connectivity index (χ0v) is 44.9. The molecule has 0 aromatic carbocycles. The van der Waals surface area contributed by atoms with Crippen molar-refractivity contribution in [3.63, 3.8) is 0 Å². The lowest BCUT2D eigenvalue weighted by molar-refractivity contribution is -0.143. The molecule has 6 heteroatoms. The van der Waals surface area contributed by atoms with E-state index in [1.807, 2.05) is 6.08 Å². The largest absolute Gasteiger partial charge is 0.466 e. The zero-order valence-electron chi connectivity index (χ0n) is 44.9. The number of amides is 1. The predicted octanol–water partition coefficient (Wildman–Crippen LogP) is 18.4. The van der Waals surface area contributed by atoms with Crippen LogP contribution in [0.2, 0.25) is 0 Å². The normalized spacial score (nSPS) is 12.8. The number of rotatable bonds is 55. The Hall–Kier alpha value is -1.92. The maximum absolute atomic E-state index is 12.5. The number of carbonyl (C=O) groups is 2. The van der Waals surface area contributed by atoms with Crippen LogP contribution in [0.5, 0.6) is 0 Å². The highest BCUT2D eigenvalue weighted by molar-refractivity contribution is 5.76. The van der Waals surface area contributed by atoms with E-state index in [0.717, 1.165) is 64.2 Å². The fourth-order valence-corrected chi connectivity index (χ4v) is 9.08. The van der Waals surface area contributed by atoms with Crippen LogP contribution in [-0.4, -0.2) is 47.4 Å². The lowest BCUT2D eigenvalue weighted by atomic mass is 10.0. The summed E-state index contributed by atoms with van der Waals surface area (Å²) < 4.78 is 5.47. The molecular formula is C61H115NO5. The van der Waals surface area contributed by atoms with Crippen molar-refractivity contribution in [1.29, 1.82) is 0 Å². The van der Waals surface area contributed by atoms with Crippen LogP contribution in [0.1, 0.15) is 316 Å². The van der Waals surface area contributed by atoms with E-state index in [0.29, 0.717) is 19.4 Å². The molecule has 0 rings (SSSR count). The summed E-state index contributed by atoms with van der Waals surface area (Å²) in [6, 6.07) is -0.640. The summed E-state index contributed by atoms with van der Waals surface area (Å²) in [5.41, 5.74) is 0. The smallest absolute Gasteiger partial charge is 0.305 e. The van der Waals surface area contributed by atoms with Gasteiger partial charge in [0.05, 0.1) is 25.4 Å². The van der Waals surface area contributed by atoms with Crippen LogP contribution in [0.4, 0.5) is 0 Å². The summed E-state index contributed by atoms with van der Waals surface area (Å²) in [6.45, 7) is 4.87. The third-order valence-electron chi connectivity index (χ3n) is 13.7. The van der Waals surface area contributed by atoms with Gasteiger partial charge in [-0.25, -0.2) is 0 Å². The summed E-state index contributed by atoms with van der Waals surface area (Å²) in [5, 5.41) is 23.2. The van der Waals surface area contributed by atoms with Crippen LogP contribution in [0, 0.1) is 0 Å². The molecule has 0 bridgehead atoms. The topological polar surface area (TPSA) is 95.9 Å². The summed E-state index contributed by atoms with van der Waals surface area (Å²) in [5.74, 6) is -0.0994. The third-order valence-corrected chi connectivity index (χ3v) is 13.7. The van der Waals surface area contributed by atoms with Crippen molar-refractivity contribution in [3.8, 4) is 0 Å². The highest BCUT2D eigenvalue weighted by Gasteiger charge is 2.18. The Labute approximate surface area is 417 Å². The molecular weight excluding hydrogens is 827 g/mol. The summed E-state index contributed by atoms with van der Waals surface area (Å²) in [7, 11) is 0. The second-order valence-corrected chi connectivity index (χ2v) is 20.3. The van der Waals surface area contributed by atoms with Gasteiger partial charge in [0.25, 0.3) is 0 Å². The van der Waals surface area contributed by atoms with Gasteiger partial charge in [0.2, 0.25) is 5.91 Å². The maximum atomic E-state index is 12.5. The molecule has 0 saturated carbocycles. The fourth-order valence-electron chi connectivity index (χ4n) is 9.08. The molecule has 2 unspecified atom stereocenters. The standard InChI is InChI=1S/C61H115NO5/c1-3-5-7-9-11-13-15-17-19-21-22-23-24-25-26-29-33-37-41-45-49-53-59(64)58(57-63)62-60(65)54-50-46-42-38-34-30-28-32-36-40-44-48-52-56-67-61(66)55-51-47-43-39-35-31-27-20-18-16-14-12-10-8-6-4-2/h14,16,20,27,49,53,58-59,63-64H,3-13,15,17-19,21-26,28-48,50-52,54-57H2,1-2H3,(H,62,65)/b16-14-,27-20-,53-49+. The second kappa shape index (κ2) is 56.7. The number of ether oxygens (including phenoxy) is 1. The minimum atomic E-state index is -0.855. The van der Waals surface area contributed by atoms with Crippen LogP contribution in [0.3, 0.4) is 0 Å². The molecule has 67 heavy (non-hydrogen) atoms. The first-order valence-corrected chi connectivity index (χ1v) is 29.8.